The van der Waals surface area contributed by atoms with Crippen molar-refractivity contribution in [2.45, 2.75) is 6.92 Å². The monoisotopic (exact) mass is 271 g/mol. The summed E-state index contributed by atoms with van der Waals surface area (Å²) in [6.07, 6.45) is 1.47. The Kier molecular flexibility index (Phi) is 3.96. The van der Waals surface area contributed by atoms with Gasteiger partial charge in [-0.15, -0.1) is 11.3 Å². The maximum Gasteiger partial charge on any atom is 0.259 e. The second-order valence-corrected chi connectivity index (χ2v) is 4.81. The number of anilines is 2. The topological polar surface area (TPSA) is 71.1 Å². The van der Waals surface area contributed by atoms with Crippen molar-refractivity contribution in [1.29, 1.82) is 0 Å². The number of carbonyl (C=O) groups excluding carboxylic acids is 2. The smallest absolute Gasteiger partial charge is 0.259 e. The van der Waals surface area contributed by atoms with E-state index in [0.29, 0.717) is 21.2 Å². The van der Waals surface area contributed by atoms with E-state index in [-0.39, 0.29) is 11.8 Å². The van der Waals surface area contributed by atoms with E-state index in [0.717, 1.165) is 0 Å². The number of thiazole rings is 1. The molecule has 0 fully saturated rings. The molecule has 0 aliphatic carbocycles. The first kappa shape index (κ1) is 13.3. The first-order valence-electron chi connectivity index (χ1n) is 5.45. The number of nitrogens with one attached hydrogen (secondary N) is 2. The van der Waals surface area contributed by atoms with E-state index in [2.05, 4.69) is 15.6 Å². The average molecular weight is 271 g/mol. The Morgan fingerprint density at radius 2 is 2.00 bits per heavy atom. The Labute approximate surface area is 115 Å². The van der Waals surface area contributed by atoms with Gasteiger partial charge in [0.05, 0.1) is 11.3 Å². The largest absolute Gasteiger partial charge is 0.326 e. The number of para-hydroxylation sites is 1. The normalized spacial score (nSPS) is 9.95. The fraction of sp³-hybridized carbons (Fsp3) is 0.0833. The second kappa shape index (κ2) is 5.66. The predicted octanol–water partition coefficient (Wildman–Crippen LogP) is 1.15. The van der Waals surface area contributed by atoms with Gasteiger partial charge in [0.1, 0.15) is 7.85 Å². The minimum Gasteiger partial charge on any atom is -0.326 e. The lowest BCUT2D eigenvalue weighted by Crippen LogP contribution is -2.16. The van der Waals surface area contributed by atoms with Gasteiger partial charge in [0, 0.05) is 13.1 Å². The highest BCUT2D eigenvalue weighted by atomic mass is 32.1. The van der Waals surface area contributed by atoms with E-state index in [1.807, 2.05) is 0 Å². The molecule has 5 nitrogen and oxygen atoms in total. The van der Waals surface area contributed by atoms with Crippen molar-refractivity contribution < 1.29 is 9.59 Å². The zero-order chi connectivity index (χ0) is 13.8. The molecule has 19 heavy (non-hydrogen) atoms. The van der Waals surface area contributed by atoms with Crippen molar-refractivity contribution in [3.05, 3.63) is 36.0 Å². The quantitative estimate of drug-likeness (QED) is 0.822. The third-order valence-corrected chi connectivity index (χ3v) is 2.97. The van der Waals surface area contributed by atoms with Gasteiger partial charge in [0.25, 0.3) is 5.91 Å². The minimum atomic E-state index is -0.348. The molecule has 1 aromatic heterocycles. The van der Waals surface area contributed by atoms with Gasteiger partial charge in [-0.05, 0) is 16.9 Å². The summed E-state index contributed by atoms with van der Waals surface area (Å²) in [5.41, 5.74) is 0.823. The molecule has 94 valence electrons. The number of carbonyl (C=O) groups is 2. The van der Waals surface area contributed by atoms with Crippen molar-refractivity contribution >= 4 is 46.6 Å². The van der Waals surface area contributed by atoms with Crippen LogP contribution in [0, 0.1) is 0 Å². The molecule has 0 unspecified atom stereocenters. The van der Waals surface area contributed by atoms with E-state index in [1.54, 1.807) is 24.3 Å². The van der Waals surface area contributed by atoms with Gasteiger partial charge in [-0.3, -0.25) is 14.9 Å². The Balaban J connectivity index is 2.21. The molecule has 2 amide bonds. The molecule has 1 aromatic carbocycles. The number of rotatable bonds is 3. The van der Waals surface area contributed by atoms with E-state index in [4.69, 9.17) is 7.85 Å². The molecule has 0 saturated carbocycles. The summed E-state index contributed by atoms with van der Waals surface area (Å²) in [4.78, 5) is 27.1. The summed E-state index contributed by atoms with van der Waals surface area (Å²) in [5, 5.41) is 5.65. The number of hydrogen-bond donors (Lipinski definition) is 2. The molecular weight excluding hydrogens is 261 g/mol. The third-order valence-electron chi connectivity index (χ3n) is 2.23. The first-order valence-corrected chi connectivity index (χ1v) is 6.27. The lowest BCUT2D eigenvalue weighted by molar-refractivity contribution is -0.114. The van der Waals surface area contributed by atoms with Crippen molar-refractivity contribution in [3.8, 4) is 0 Å². The molecule has 0 bridgehead atoms. The van der Waals surface area contributed by atoms with Crippen LogP contribution in [0.4, 0.5) is 10.8 Å². The number of amides is 2. The predicted molar refractivity (Wildman–Crippen MR) is 76.2 cm³/mol. The van der Waals surface area contributed by atoms with Crippen LogP contribution >= 0.6 is 11.3 Å². The van der Waals surface area contributed by atoms with Gasteiger partial charge >= 0.3 is 0 Å². The van der Waals surface area contributed by atoms with Crippen LogP contribution in [0.25, 0.3) is 0 Å². The molecule has 0 atom stereocenters. The highest BCUT2D eigenvalue weighted by Crippen LogP contribution is 2.17. The van der Waals surface area contributed by atoms with Crippen molar-refractivity contribution in [3.63, 3.8) is 0 Å². The van der Waals surface area contributed by atoms with Crippen LogP contribution in [0.1, 0.15) is 17.3 Å². The van der Waals surface area contributed by atoms with Crippen LogP contribution in [0.5, 0.6) is 0 Å². The summed E-state index contributed by atoms with van der Waals surface area (Å²) in [7, 11) is 5.54. The Morgan fingerprint density at radius 3 is 2.63 bits per heavy atom. The SMILES string of the molecule is [B]c1cnc(NC(=O)c2ccccc2NC(C)=O)s1. The van der Waals surface area contributed by atoms with Crippen LogP contribution in [0.3, 0.4) is 0 Å². The van der Waals surface area contributed by atoms with Gasteiger partial charge in [0.2, 0.25) is 5.91 Å². The maximum atomic E-state index is 12.1. The summed E-state index contributed by atoms with van der Waals surface area (Å²) in [5.74, 6) is -0.586. The lowest BCUT2D eigenvalue weighted by Gasteiger charge is -2.08. The molecule has 2 N–H and O–H groups in total. The highest BCUT2D eigenvalue weighted by Gasteiger charge is 2.13. The minimum absolute atomic E-state index is 0.237. The van der Waals surface area contributed by atoms with Gasteiger partial charge in [-0.1, -0.05) is 12.1 Å². The zero-order valence-electron chi connectivity index (χ0n) is 10.1. The Bertz CT molecular complexity index is 627. The maximum absolute atomic E-state index is 12.1. The van der Waals surface area contributed by atoms with Crippen molar-refractivity contribution in [1.82, 2.24) is 4.98 Å². The van der Waals surface area contributed by atoms with Gasteiger partial charge in [-0.2, -0.15) is 0 Å². The highest BCUT2D eigenvalue weighted by molar-refractivity contribution is 7.23. The fourth-order valence-corrected chi connectivity index (χ4v) is 2.07. The summed E-state index contributed by atoms with van der Waals surface area (Å²) in [6.45, 7) is 1.39. The van der Waals surface area contributed by atoms with Gasteiger partial charge in [0.15, 0.2) is 5.13 Å². The number of benzene rings is 1. The summed E-state index contributed by atoms with van der Waals surface area (Å²) >= 11 is 1.18. The number of hydrogen-bond acceptors (Lipinski definition) is 4. The molecular formula is C12H10BN3O2S. The fourth-order valence-electron chi connectivity index (χ4n) is 1.49. The second-order valence-electron chi connectivity index (χ2n) is 3.75. The van der Waals surface area contributed by atoms with Gasteiger partial charge < -0.3 is 5.32 Å². The zero-order valence-corrected chi connectivity index (χ0v) is 11.0. The third kappa shape index (κ3) is 3.41. The van der Waals surface area contributed by atoms with E-state index < -0.39 is 0 Å². The standard InChI is InChI=1S/C12H10BN3O2S/c1-7(17)15-9-5-3-2-4-8(9)11(18)16-12-14-6-10(13)19-12/h2-6H,1H3,(H,15,17)(H,14,16,18). The number of aromatic nitrogens is 1. The summed E-state index contributed by atoms with van der Waals surface area (Å²) < 4.78 is 0.519. The molecule has 1 heterocycles. The molecule has 0 aliphatic rings. The Morgan fingerprint density at radius 1 is 1.26 bits per heavy atom. The molecule has 0 saturated heterocycles. The van der Waals surface area contributed by atoms with E-state index in [9.17, 15) is 9.59 Å². The lowest BCUT2D eigenvalue weighted by atomic mass is 10.1. The molecule has 2 radical (unpaired) electrons. The number of nitrogens with zero attached hydrogens (tertiary/aromatic N) is 1. The molecule has 0 aliphatic heterocycles. The van der Waals surface area contributed by atoms with Crippen molar-refractivity contribution in [2.24, 2.45) is 0 Å². The van der Waals surface area contributed by atoms with E-state index in [1.165, 1.54) is 24.5 Å². The molecule has 2 aromatic rings. The van der Waals surface area contributed by atoms with Crippen LogP contribution in [0.2, 0.25) is 0 Å². The molecule has 2 rings (SSSR count). The molecule has 0 spiro atoms. The summed E-state index contributed by atoms with van der Waals surface area (Å²) in [6, 6.07) is 6.74. The van der Waals surface area contributed by atoms with E-state index >= 15 is 0 Å². The van der Waals surface area contributed by atoms with Crippen LogP contribution in [-0.2, 0) is 4.79 Å². The first-order chi connectivity index (χ1) is 9.06. The van der Waals surface area contributed by atoms with Crippen LogP contribution < -0.4 is 15.4 Å². The van der Waals surface area contributed by atoms with Crippen LogP contribution in [-0.4, -0.2) is 24.6 Å². The Hall–Kier alpha value is -2.15. The van der Waals surface area contributed by atoms with Gasteiger partial charge in [-0.25, -0.2) is 4.98 Å². The molecule has 7 heteroatoms. The van der Waals surface area contributed by atoms with Crippen molar-refractivity contribution in [2.75, 3.05) is 10.6 Å². The average Bonchev–Trinajstić information content (AvgIpc) is 2.74. The van der Waals surface area contributed by atoms with Crippen LogP contribution in [0.15, 0.2) is 30.5 Å².